The van der Waals surface area contributed by atoms with Crippen molar-refractivity contribution in [2.45, 2.75) is 25.4 Å². The third-order valence-corrected chi connectivity index (χ3v) is 3.21. The number of benzene rings is 1. The van der Waals surface area contributed by atoms with E-state index in [2.05, 4.69) is 5.32 Å². The maximum absolute atomic E-state index is 11.9. The SMILES string of the molecule is C[C@@H](NC(=O)N1CCC1C(=O)O)c1ccccc1. The van der Waals surface area contributed by atoms with Crippen LogP contribution in [0.1, 0.15) is 24.9 Å². The summed E-state index contributed by atoms with van der Waals surface area (Å²) in [5, 5.41) is 11.7. The van der Waals surface area contributed by atoms with Gasteiger partial charge in [0.15, 0.2) is 0 Å². The number of amides is 2. The number of urea groups is 1. The summed E-state index contributed by atoms with van der Waals surface area (Å²) in [7, 11) is 0. The first-order valence-corrected chi connectivity index (χ1v) is 5.94. The summed E-state index contributed by atoms with van der Waals surface area (Å²) in [6.45, 7) is 2.38. The molecule has 1 aromatic rings. The average Bonchev–Trinajstić information content (AvgIpc) is 2.27. The van der Waals surface area contributed by atoms with Crippen LogP contribution in [0.15, 0.2) is 30.3 Å². The zero-order valence-electron chi connectivity index (χ0n) is 10.2. The monoisotopic (exact) mass is 248 g/mol. The molecule has 1 heterocycles. The number of carboxylic acids is 1. The molecule has 18 heavy (non-hydrogen) atoms. The molecule has 0 spiro atoms. The Bertz CT molecular complexity index is 447. The quantitative estimate of drug-likeness (QED) is 0.854. The second-order valence-electron chi connectivity index (χ2n) is 4.42. The van der Waals surface area contributed by atoms with Gasteiger partial charge in [0.05, 0.1) is 6.04 Å². The normalized spacial score (nSPS) is 19.8. The predicted octanol–water partition coefficient (Wildman–Crippen LogP) is 1.62. The van der Waals surface area contributed by atoms with Crippen LogP contribution in [0.4, 0.5) is 4.79 Å². The Labute approximate surface area is 105 Å². The van der Waals surface area contributed by atoms with Crippen LogP contribution in [-0.4, -0.2) is 34.6 Å². The fraction of sp³-hybridized carbons (Fsp3) is 0.385. The second-order valence-corrected chi connectivity index (χ2v) is 4.42. The van der Waals surface area contributed by atoms with Gasteiger partial charge < -0.3 is 15.3 Å². The van der Waals surface area contributed by atoms with Crippen molar-refractivity contribution in [1.29, 1.82) is 0 Å². The Kier molecular flexibility index (Phi) is 3.50. The van der Waals surface area contributed by atoms with Gasteiger partial charge in [0, 0.05) is 6.54 Å². The van der Waals surface area contributed by atoms with E-state index >= 15 is 0 Å². The third-order valence-electron chi connectivity index (χ3n) is 3.21. The molecule has 5 heteroatoms. The molecule has 0 bridgehead atoms. The van der Waals surface area contributed by atoms with E-state index in [4.69, 9.17) is 5.11 Å². The van der Waals surface area contributed by atoms with E-state index in [0.29, 0.717) is 13.0 Å². The van der Waals surface area contributed by atoms with Gasteiger partial charge in [0.2, 0.25) is 0 Å². The van der Waals surface area contributed by atoms with E-state index in [1.54, 1.807) is 0 Å². The average molecular weight is 248 g/mol. The lowest BCUT2D eigenvalue weighted by molar-refractivity contribution is -0.145. The predicted molar refractivity (Wildman–Crippen MR) is 66.1 cm³/mol. The fourth-order valence-corrected chi connectivity index (χ4v) is 1.98. The summed E-state index contributed by atoms with van der Waals surface area (Å²) in [5.41, 5.74) is 0.998. The standard InChI is InChI=1S/C13H16N2O3/c1-9(10-5-3-2-4-6-10)14-13(18)15-8-7-11(15)12(16)17/h2-6,9,11H,7-8H2,1H3,(H,14,18)(H,16,17)/t9-,11?/m1/s1. The Balaban J connectivity index is 1.94. The second kappa shape index (κ2) is 5.08. The number of carbonyl (C=O) groups excluding carboxylic acids is 1. The van der Waals surface area contributed by atoms with Crippen molar-refractivity contribution in [1.82, 2.24) is 10.2 Å². The molecule has 1 unspecified atom stereocenters. The van der Waals surface area contributed by atoms with Gasteiger partial charge in [-0.3, -0.25) is 0 Å². The van der Waals surface area contributed by atoms with E-state index in [0.717, 1.165) is 5.56 Å². The van der Waals surface area contributed by atoms with Crippen molar-refractivity contribution >= 4 is 12.0 Å². The molecule has 0 aromatic heterocycles. The van der Waals surface area contributed by atoms with Crippen LogP contribution in [-0.2, 0) is 4.79 Å². The number of rotatable bonds is 3. The van der Waals surface area contributed by atoms with Crippen molar-refractivity contribution in [2.24, 2.45) is 0 Å². The molecule has 2 amide bonds. The summed E-state index contributed by atoms with van der Waals surface area (Å²) in [6.07, 6.45) is 0.530. The first kappa shape index (κ1) is 12.4. The Morgan fingerprint density at radius 3 is 2.56 bits per heavy atom. The molecule has 0 saturated carbocycles. The molecule has 0 radical (unpaired) electrons. The highest BCUT2D eigenvalue weighted by atomic mass is 16.4. The molecule has 2 atom stereocenters. The van der Waals surface area contributed by atoms with Gasteiger partial charge in [-0.05, 0) is 18.9 Å². The Morgan fingerprint density at radius 2 is 2.06 bits per heavy atom. The van der Waals surface area contributed by atoms with Crippen LogP contribution in [0, 0.1) is 0 Å². The van der Waals surface area contributed by atoms with E-state index in [1.807, 2.05) is 37.3 Å². The molecular formula is C13H16N2O3. The fourth-order valence-electron chi connectivity index (χ4n) is 1.98. The van der Waals surface area contributed by atoms with E-state index in [-0.39, 0.29) is 12.1 Å². The van der Waals surface area contributed by atoms with Crippen molar-refractivity contribution in [3.63, 3.8) is 0 Å². The first-order valence-electron chi connectivity index (χ1n) is 5.94. The van der Waals surface area contributed by atoms with Crippen LogP contribution in [0.3, 0.4) is 0 Å². The van der Waals surface area contributed by atoms with Crippen LogP contribution in [0.25, 0.3) is 0 Å². The van der Waals surface area contributed by atoms with Crippen LogP contribution in [0.5, 0.6) is 0 Å². The minimum atomic E-state index is -0.941. The number of aliphatic carboxylic acids is 1. The number of hydrogen-bond donors (Lipinski definition) is 2. The van der Waals surface area contributed by atoms with Gasteiger partial charge in [-0.15, -0.1) is 0 Å². The molecule has 1 aliphatic rings. The van der Waals surface area contributed by atoms with Gasteiger partial charge >= 0.3 is 12.0 Å². The Hall–Kier alpha value is -2.04. The molecule has 1 fully saturated rings. The molecular weight excluding hydrogens is 232 g/mol. The number of nitrogens with zero attached hydrogens (tertiary/aromatic N) is 1. The first-order chi connectivity index (χ1) is 8.59. The number of carboxylic acid groups (broad SMARTS) is 1. The molecule has 2 rings (SSSR count). The summed E-state index contributed by atoms with van der Waals surface area (Å²) < 4.78 is 0. The zero-order chi connectivity index (χ0) is 13.1. The van der Waals surface area contributed by atoms with Gasteiger partial charge in [-0.1, -0.05) is 30.3 Å². The lowest BCUT2D eigenvalue weighted by Crippen LogP contribution is -2.58. The lowest BCUT2D eigenvalue weighted by atomic mass is 10.0. The third kappa shape index (κ3) is 2.45. The molecule has 96 valence electrons. The highest BCUT2D eigenvalue weighted by Gasteiger charge is 2.37. The molecule has 1 saturated heterocycles. The molecule has 0 aliphatic carbocycles. The molecule has 2 N–H and O–H groups in total. The van der Waals surface area contributed by atoms with Gasteiger partial charge in [0.1, 0.15) is 6.04 Å². The number of likely N-dealkylation sites (tertiary alicyclic amines) is 1. The van der Waals surface area contributed by atoms with E-state index < -0.39 is 12.0 Å². The van der Waals surface area contributed by atoms with Crippen molar-refractivity contribution in [3.05, 3.63) is 35.9 Å². The maximum Gasteiger partial charge on any atom is 0.326 e. The van der Waals surface area contributed by atoms with E-state index in [9.17, 15) is 9.59 Å². The summed E-state index contributed by atoms with van der Waals surface area (Å²) in [6, 6.07) is 8.45. The number of hydrogen-bond acceptors (Lipinski definition) is 2. The van der Waals surface area contributed by atoms with Crippen LogP contribution in [0.2, 0.25) is 0 Å². The zero-order valence-corrected chi connectivity index (χ0v) is 10.2. The highest BCUT2D eigenvalue weighted by Crippen LogP contribution is 2.19. The summed E-state index contributed by atoms with van der Waals surface area (Å²) in [4.78, 5) is 24.1. The van der Waals surface area contributed by atoms with Crippen LogP contribution < -0.4 is 5.32 Å². The molecule has 1 aliphatic heterocycles. The number of carbonyl (C=O) groups is 2. The molecule has 1 aromatic carbocycles. The lowest BCUT2D eigenvalue weighted by Gasteiger charge is -2.38. The highest BCUT2D eigenvalue weighted by molar-refractivity contribution is 5.84. The topological polar surface area (TPSA) is 69.6 Å². The van der Waals surface area contributed by atoms with Gasteiger partial charge in [-0.25, -0.2) is 9.59 Å². The van der Waals surface area contributed by atoms with Crippen molar-refractivity contribution in [3.8, 4) is 0 Å². The van der Waals surface area contributed by atoms with E-state index in [1.165, 1.54) is 4.90 Å². The number of nitrogens with one attached hydrogen (secondary N) is 1. The smallest absolute Gasteiger partial charge is 0.326 e. The summed E-state index contributed by atoms with van der Waals surface area (Å²) >= 11 is 0. The molecule has 5 nitrogen and oxygen atoms in total. The van der Waals surface area contributed by atoms with Gasteiger partial charge in [0.25, 0.3) is 0 Å². The van der Waals surface area contributed by atoms with Crippen molar-refractivity contribution in [2.75, 3.05) is 6.54 Å². The van der Waals surface area contributed by atoms with Crippen molar-refractivity contribution < 1.29 is 14.7 Å². The maximum atomic E-state index is 11.9. The largest absolute Gasteiger partial charge is 0.480 e. The van der Waals surface area contributed by atoms with Crippen LogP contribution >= 0.6 is 0 Å². The minimum Gasteiger partial charge on any atom is -0.480 e. The minimum absolute atomic E-state index is 0.131. The van der Waals surface area contributed by atoms with Gasteiger partial charge in [-0.2, -0.15) is 0 Å². The summed E-state index contributed by atoms with van der Waals surface area (Å²) in [5.74, 6) is -0.941. The Morgan fingerprint density at radius 1 is 1.39 bits per heavy atom.